The third-order valence-corrected chi connectivity index (χ3v) is 2.82. The fraction of sp³-hybridized carbons (Fsp3) is 0.385. The number of carboxylic acid groups (broad SMARTS) is 1. The molecule has 0 aromatic heterocycles. The molecule has 1 rings (SSSR count). The summed E-state index contributed by atoms with van der Waals surface area (Å²) in [5.74, 6) is -1.13. The second-order valence-electron chi connectivity index (χ2n) is 4.65. The number of carbonyl (C=O) groups excluding carboxylic acids is 1. The van der Waals surface area contributed by atoms with E-state index in [0.717, 1.165) is 5.56 Å². The van der Waals surface area contributed by atoms with Crippen LogP contribution in [0.2, 0.25) is 0 Å². The fourth-order valence-corrected chi connectivity index (χ4v) is 1.53. The number of carbonyl (C=O) groups is 2. The number of hydrogen-bond donors (Lipinski definition) is 3. The smallest absolute Gasteiger partial charge is 0.305 e. The zero-order valence-corrected chi connectivity index (χ0v) is 10.6. The molecule has 4 N–H and O–H groups in total. The molecular weight excluding hydrogens is 232 g/mol. The van der Waals surface area contributed by atoms with Crippen LogP contribution in [0.5, 0.6) is 0 Å². The first-order valence-electron chi connectivity index (χ1n) is 5.70. The highest BCUT2D eigenvalue weighted by atomic mass is 16.4. The van der Waals surface area contributed by atoms with Gasteiger partial charge < -0.3 is 16.2 Å². The Balaban J connectivity index is 2.70. The van der Waals surface area contributed by atoms with Crippen molar-refractivity contribution < 1.29 is 14.7 Å². The van der Waals surface area contributed by atoms with Gasteiger partial charge >= 0.3 is 5.97 Å². The fourth-order valence-electron chi connectivity index (χ4n) is 1.53. The summed E-state index contributed by atoms with van der Waals surface area (Å²) in [6, 6.07) is 7.07. The van der Waals surface area contributed by atoms with Crippen LogP contribution in [0, 0.1) is 0 Å². The summed E-state index contributed by atoms with van der Waals surface area (Å²) in [5.41, 5.74) is 6.35. The van der Waals surface area contributed by atoms with Crippen molar-refractivity contribution in [2.75, 3.05) is 12.3 Å². The van der Waals surface area contributed by atoms with Crippen molar-refractivity contribution >= 4 is 17.6 Å². The molecule has 5 nitrogen and oxygen atoms in total. The van der Waals surface area contributed by atoms with E-state index in [1.54, 1.807) is 38.1 Å². The van der Waals surface area contributed by atoms with E-state index in [0.29, 0.717) is 5.69 Å². The summed E-state index contributed by atoms with van der Waals surface area (Å²) >= 11 is 0. The average Bonchev–Trinajstić information content (AvgIpc) is 2.28. The minimum Gasteiger partial charge on any atom is -0.481 e. The second-order valence-corrected chi connectivity index (χ2v) is 4.65. The molecule has 18 heavy (non-hydrogen) atoms. The van der Waals surface area contributed by atoms with Crippen LogP contribution < -0.4 is 11.1 Å². The third-order valence-electron chi connectivity index (χ3n) is 2.82. The van der Waals surface area contributed by atoms with Crippen molar-refractivity contribution in [3.8, 4) is 0 Å². The zero-order valence-electron chi connectivity index (χ0n) is 10.6. The summed E-state index contributed by atoms with van der Waals surface area (Å²) in [5, 5.41) is 11.1. The molecule has 0 aliphatic heterocycles. The monoisotopic (exact) mass is 250 g/mol. The highest BCUT2D eigenvalue weighted by molar-refractivity contribution is 5.87. The Morgan fingerprint density at radius 3 is 2.33 bits per heavy atom. The van der Waals surface area contributed by atoms with Crippen molar-refractivity contribution in [1.29, 1.82) is 0 Å². The van der Waals surface area contributed by atoms with E-state index < -0.39 is 11.4 Å². The number of hydrogen-bond acceptors (Lipinski definition) is 3. The van der Waals surface area contributed by atoms with Gasteiger partial charge in [0.25, 0.3) is 0 Å². The standard InChI is InChI=1S/C13H18N2O3/c1-13(2,9-3-5-10(14)6-4-9)12(18)15-8-7-11(16)17/h3-6H,7-8,14H2,1-2H3,(H,15,18)(H,16,17). The molecule has 1 aromatic rings. The normalized spacial score (nSPS) is 11.0. The molecule has 5 heteroatoms. The van der Waals surface area contributed by atoms with Gasteiger partial charge in [-0.05, 0) is 31.5 Å². The van der Waals surface area contributed by atoms with Crippen LogP contribution in [0.1, 0.15) is 25.8 Å². The van der Waals surface area contributed by atoms with Crippen molar-refractivity contribution in [2.45, 2.75) is 25.7 Å². The average molecular weight is 250 g/mol. The predicted molar refractivity (Wildman–Crippen MR) is 69.1 cm³/mol. The van der Waals surface area contributed by atoms with Gasteiger partial charge in [-0.3, -0.25) is 9.59 Å². The van der Waals surface area contributed by atoms with E-state index >= 15 is 0 Å². The molecule has 98 valence electrons. The summed E-state index contributed by atoms with van der Waals surface area (Å²) in [6.07, 6.45) is -0.0798. The topological polar surface area (TPSA) is 92.4 Å². The molecule has 0 spiro atoms. The molecule has 0 heterocycles. The van der Waals surface area contributed by atoms with Gasteiger partial charge in [-0.2, -0.15) is 0 Å². The van der Waals surface area contributed by atoms with Crippen LogP contribution in [0.4, 0.5) is 5.69 Å². The van der Waals surface area contributed by atoms with Crippen molar-refractivity contribution in [1.82, 2.24) is 5.32 Å². The van der Waals surface area contributed by atoms with E-state index in [-0.39, 0.29) is 18.9 Å². The first-order chi connectivity index (χ1) is 8.34. The quantitative estimate of drug-likeness (QED) is 0.683. The highest BCUT2D eigenvalue weighted by Gasteiger charge is 2.29. The Bertz CT molecular complexity index is 438. The Kier molecular flexibility index (Phi) is 4.31. The summed E-state index contributed by atoms with van der Waals surface area (Å²) in [6.45, 7) is 3.70. The van der Waals surface area contributed by atoms with Gasteiger partial charge in [-0.15, -0.1) is 0 Å². The summed E-state index contributed by atoms with van der Waals surface area (Å²) in [4.78, 5) is 22.4. The lowest BCUT2D eigenvalue weighted by Gasteiger charge is -2.24. The number of nitrogens with one attached hydrogen (secondary N) is 1. The number of anilines is 1. The van der Waals surface area contributed by atoms with Gasteiger partial charge in [0, 0.05) is 12.2 Å². The van der Waals surface area contributed by atoms with Crippen LogP contribution in [0.3, 0.4) is 0 Å². The van der Waals surface area contributed by atoms with Crippen molar-refractivity contribution in [3.63, 3.8) is 0 Å². The zero-order chi connectivity index (χ0) is 13.8. The molecule has 0 bridgehead atoms. The lowest BCUT2D eigenvalue weighted by Crippen LogP contribution is -2.40. The Morgan fingerprint density at radius 1 is 1.28 bits per heavy atom. The van der Waals surface area contributed by atoms with Gasteiger partial charge in [0.2, 0.25) is 5.91 Å². The SMILES string of the molecule is CC(C)(C(=O)NCCC(=O)O)c1ccc(N)cc1. The highest BCUT2D eigenvalue weighted by Crippen LogP contribution is 2.24. The maximum Gasteiger partial charge on any atom is 0.305 e. The van der Waals surface area contributed by atoms with Gasteiger partial charge in [-0.25, -0.2) is 0 Å². The number of nitrogens with two attached hydrogens (primary N) is 1. The van der Waals surface area contributed by atoms with Gasteiger partial charge in [0.1, 0.15) is 0 Å². The van der Waals surface area contributed by atoms with Gasteiger partial charge in [0.05, 0.1) is 11.8 Å². The first kappa shape index (κ1) is 14.0. The Morgan fingerprint density at radius 2 is 1.83 bits per heavy atom. The lowest BCUT2D eigenvalue weighted by molar-refractivity contribution is -0.137. The summed E-state index contributed by atoms with van der Waals surface area (Å²) in [7, 11) is 0. The molecule has 0 aliphatic rings. The predicted octanol–water partition coefficient (Wildman–Crippen LogP) is 1.14. The molecule has 0 fully saturated rings. The van der Waals surface area contributed by atoms with Crippen LogP contribution in [0.25, 0.3) is 0 Å². The number of aliphatic carboxylic acids is 1. The van der Waals surface area contributed by atoms with E-state index in [1.165, 1.54) is 0 Å². The number of benzene rings is 1. The molecule has 0 unspecified atom stereocenters. The molecule has 0 saturated carbocycles. The third kappa shape index (κ3) is 3.48. The Hall–Kier alpha value is -2.04. The molecule has 0 saturated heterocycles. The van der Waals surface area contributed by atoms with Crippen LogP contribution in [0.15, 0.2) is 24.3 Å². The van der Waals surface area contributed by atoms with Crippen molar-refractivity contribution in [2.24, 2.45) is 0 Å². The van der Waals surface area contributed by atoms with Gasteiger partial charge in [0.15, 0.2) is 0 Å². The van der Waals surface area contributed by atoms with Crippen LogP contribution in [-0.4, -0.2) is 23.5 Å². The lowest BCUT2D eigenvalue weighted by atomic mass is 9.83. The molecular formula is C13H18N2O3. The first-order valence-corrected chi connectivity index (χ1v) is 5.70. The maximum atomic E-state index is 12.0. The molecule has 0 atom stereocenters. The van der Waals surface area contributed by atoms with E-state index in [1.807, 2.05) is 0 Å². The number of amides is 1. The molecule has 0 radical (unpaired) electrons. The minimum atomic E-state index is -0.930. The van der Waals surface area contributed by atoms with Crippen LogP contribution >= 0.6 is 0 Å². The van der Waals surface area contributed by atoms with Crippen molar-refractivity contribution in [3.05, 3.63) is 29.8 Å². The maximum absolute atomic E-state index is 12.0. The largest absolute Gasteiger partial charge is 0.481 e. The molecule has 1 aromatic carbocycles. The summed E-state index contributed by atoms with van der Waals surface area (Å²) < 4.78 is 0. The second kappa shape index (κ2) is 5.53. The number of rotatable bonds is 5. The van der Waals surface area contributed by atoms with Gasteiger partial charge in [-0.1, -0.05) is 12.1 Å². The molecule has 1 amide bonds. The van der Waals surface area contributed by atoms with Crippen LogP contribution in [-0.2, 0) is 15.0 Å². The minimum absolute atomic E-state index is 0.0798. The number of nitrogen functional groups attached to an aromatic ring is 1. The van der Waals surface area contributed by atoms with E-state index in [4.69, 9.17) is 10.8 Å². The Labute approximate surface area is 106 Å². The van der Waals surface area contributed by atoms with E-state index in [9.17, 15) is 9.59 Å². The van der Waals surface area contributed by atoms with E-state index in [2.05, 4.69) is 5.32 Å². The number of carboxylic acids is 1. The molecule has 0 aliphatic carbocycles.